The van der Waals surface area contributed by atoms with Gasteiger partial charge in [0.1, 0.15) is 5.75 Å². The van der Waals surface area contributed by atoms with E-state index >= 15 is 0 Å². The zero-order chi connectivity index (χ0) is 17.3. The first-order valence-electron chi connectivity index (χ1n) is 7.76. The van der Waals surface area contributed by atoms with Gasteiger partial charge in [-0.2, -0.15) is 0 Å². The minimum absolute atomic E-state index is 0.183. The number of methoxy groups -OCH3 is 1. The molecule has 1 aromatic heterocycles. The van der Waals surface area contributed by atoms with Gasteiger partial charge in [0.15, 0.2) is 0 Å². The molecule has 0 radical (unpaired) electrons. The van der Waals surface area contributed by atoms with Crippen LogP contribution in [0.2, 0.25) is 5.02 Å². The third-order valence-electron chi connectivity index (χ3n) is 3.83. The first kappa shape index (κ1) is 17.4. The number of benzene rings is 1. The zero-order valence-electron chi connectivity index (χ0n) is 13.9. The van der Waals surface area contributed by atoms with Gasteiger partial charge in [0, 0.05) is 18.1 Å². The molecule has 1 aliphatic rings. The van der Waals surface area contributed by atoms with E-state index in [-0.39, 0.29) is 12.2 Å². The Morgan fingerprint density at radius 1 is 1.33 bits per heavy atom. The molecule has 2 atom stereocenters. The summed E-state index contributed by atoms with van der Waals surface area (Å²) < 4.78 is 18.4. The molecule has 0 spiro atoms. The Morgan fingerprint density at radius 2 is 2.04 bits per heavy atom. The van der Waals surface area contributed by atoms with Crippen LogP contribution in [0.15, 0.2) is 22.6 Å². The van der Waals surface area contributed by atoms with Crippen molar-refractivity contribution in [2.45, 2.75) is 32.7 Å². The fraction of sp³-hybridized carbons (Fsp3) is 0.500. The van der Waals surface area contributed by atoms with Crippen molar-refractivity contribution in [3.63, 3.8) is 0 Å². The summed E-state index contributed by atoms with van der Waals surface area (Å²) in [7, 11) is 1.59. The zero-order valence-corrected chi connectivity index (χ0v) is 15.4. The van der Waals surface area contributed by atoms with E-state index in [0.29, 0.717) is 33.7 Å². The predicted molar refractivity (Wildman–Crippen MR) is 93.9 cm³/mol. The molecular formula is C16H20ClN3O3S. The molecule has 0 saturated carbocycles. The van der Waals surface area contributed by atoms with Crippen LogP contribution in [-0.4, -0.2) is 47.1 Å². The monoisotopic (exact) mass is 369 g/mol. The van der Waals surface area contributed by atoms with Crippen LogP contribution in [0, 0.1) is 4.84 Å². The highest BCUT2D eigenvalue weighted by Gasteiger charge is 2.23. The van der Waals surface area contributed by atoms with Crippen LogP contribution in [0.4, 0.5) is 0 Å². The molecule has 1 saturated heterocycles. The van der Waals surface area contributed by atoms with E-state index in [0.717, 1.165) is 13.1 Å². The maximum Gasteiger partial charge on any atom is 0.288 e. The number of morpholine rings is 1. The molecule has 3 rings (SSSR count). The molecule has 0 aliphatic carbocycles. The van der Waals surface area contributed by atoms with Gasteiger partial charge in [-0.05, 0) is 44.3 Å². The average Bonchev–Trinajstić information content (AvgIpc) is 2.87. The largest absolute Gasteiger partial charge is 0.496 e. The molecule has 130 valence electrons. The number of hydrogen-bond donors (Lipinski definition) is 0. The van der Waals surface area contributed by atoms with Crippen LogP contribution in [0.5, 0.6) is 5.75 Å². The van der Waals surface area contributed by atoms with E-state index in [1.54, 1.807) is 30.0 Å². The van der Waals surface area contributed by atoms with Gasteiger partial charge in [0.05, 0.1) is 31.5 Å². The smallest absolute Gasteiger partial charge is 0.288 e. The molecule has 1 aromatic carbocycles. The lowest BCUT2D eigenvalue weighted by atomic mass is 10.2. The number of aromatic nitrogens is 2. The lowest BCUT2D eigenvalue weighted by Crippen LogP contribution is -2.46. The summed E-state index contributed by atoms with van der Waals surface area (Å²) >= 11 is 11.4. The maximum absolute atomic E-state index is 6.08. The standard InChI is InChI=1S/C16H20ClN3O3S/c1-10-7-19(8-11(2)22-10)9-20-16(24)23-15(18-20)13-6-12(17)4-5-14(13)21-3/h4-6,10-11H,7-9H2,1-3H3. The Hall–Kier alpha value is -1.41. The van der Waals surface area contributed by atoms with Crippen LogP contribution in [0.3, 0.4) is 0 Å². The summed E-state index contributed by atoms with van der Waals surface area (Å²) in [6.45, 7) is 6.34. The van der Waals surface area contributed by atoms with Crippen LogP contribution >= 0.6 is 23.8 Å². The SMILES string of the molecule is COc1ccc(Cl)cc1-c1nn(CN2CC(C)OC(C)C2)c(=S)o1. The van der Waals surface area contributed by atoms with E-state index in [2.05, 4.69) is 23.8 Å². The van der Waals surface area contributed by atoms with Gasteiger partial charge < -0.3 is 13.9 Å². The molecule has 0 amide bonds. The van der Waals surface area contributed by atoms with Gasteiger partial charge in [-0.15, -0.1) is 5.10 Å². The van der Waals surface area contributed by atoms with E-state index in [9.17, 15) is 0 Å². The minimum Gasteiger partial charge on any atom is -0.496 e. The summed E-state index contributed by atoms with van der Waals surface area (Å²) in [6, 6.07) is 5.29. The Bertz CT molecular complexity index is 766. The summed E-state index contributed by atoms with van der Waals surface area (Å²) in [5.41, 5.74) is 0.679. The molecule has 6 nitrogen and oxygen atoms in total. The van der Waals surface area contributed by atoms with Crippen molar-refractivity contribution >= 4 is 23.8 Å². The first-order chi connectivity index (χ1) is 11.5. The third-order valence-corrected chi connectivity index (χ3v) is 4.36. The van der Waals surface area contributed by atoms with E-state index in [1.165, 1.54) is 0 Å². The van der Waals surface area contributed by atoms with Gasteiger partial charge in [-0.25, -0.2) is 4.68 Å². The molecule has 1 aliphatic heterocycles. The fourth-order valence-electron chi connectivity index (χ4n) is 2.94. The summed E-state index contributed by atoms with van der Waals surface area (Å²) in [6.07, 6.45) is 0.365. The van der Waals surface area contributed by atoms with Gasteiger partial charge in [0.2, 0.25) is 0 Å². The van der Waals surface area contributed by atoms with E-state index in [4.69, 9.17) is 37.7 Å². The number of rotatable bonds is 4. The van der Waals surface area contributed by atoms with Gasteiger partial charge in [-0.3, -0.25) is 4.90 Å². The van der Waals surface area contributed by atoms with Crippen molar-refractivity contribution in [1.29, 1.82) is 0 Å². The molecule has 2 heterocycles. The van der Waals surface area contributed by atoms with Crippen molar-refractivity contribution in [3.05, 3.63) is 28.1 Å². The normalized spacial score (nSPS) is 21.8. The van der Waals surface area contributed by atoms with Crippen molar-refractivity contribution in [1.82, 2.24) is 14.7 Å². The number of nitrogens with zero attached hydrogens (tertiary/aromatic N) is 3. The van der Waals surface area contributed by atoms with Crippen molar-refractivity contribution < 1.29 is 13.9 Å². The lowest BCUT2D eigenvalue weighted by molar-refractivity contribution is -0.0778. The number of hydrogen-bond acceptors (Lipinski definition) is 6. The topological polar surface area (TPSA) is 52.7 Å². The molecule has 1 fully saturated rings. The second-order valence-electron chi connectivity index (χ2n) is 5.95. The maximum atomic E-state index is 6.08. The molecule has 24 heavy (non-hydrogen) atoms. The molecule has 2 unspecified atom stereocenters. The van der Waals surface area contributed by atoms with Gasteiger partial charge in [-0.1, -0.05) is 11.6 Å². The minimum atomic E-state index is 0.183. The lowest BCUT2D eigenvalue weighted by Gasteiger charge is -2.34. The Labute approximate surface area is 150 Å². The quantitative estimate of drug-likeness (QED) is 0.767. The number of ether oxygens (including phenoxy) is 2. The highest BCUT2D eigenvalue weighted by atomic mass is 35.5. The predicted octanol–water partition coefficient (Wildman–Crippen LogP) is 3.60. The van der Waals surface area contributed by atoms with Crippen molar-refractivity contribution in [2.75, 3.05) is 20.2 Å². The summed E-state index contributed by atoms with van der Waals surface area (Å²) in [4.78, 5) is 2.56. The molecule has 0 N–H and O–H groups in total. The Morgan fingerprint density at radius 3 is 2.71 bits per heavy atom. The summed E-state index contributed by atoms with van der Waals surface area (Å²) in [5.74, 6) is 1.03. The summed E-state index contributed by atoms with van der Waals surface area (Å²) in [5, 5.41) is 5.08. The highest BCUT2D eigenvalue weighted by Crippen LogP contribution is 2.31. The Balaban J connectivity index is 1.86. The van der Waals surface area contributed by atoms with Crippen molar-refractivity contribution in [2.24, 2.45) is 0 Å². The molecule has 0 bridgehead atoms. The fourth-order valence-corrected chi connectivity index (χ4v) is 3.29. The second-order valence-corrected chi connectivity index (χ2v) is 6.74. The van der Waals surface area contributed by atoms with E-state index in [1.807, 2.05) is 0 Å². The van der Waals surface area contributed by atoms with Crippen LogP contribution in [0.25, 0.3) is 11.5 Å². The van der Waals surface area contributed by atoms with Crippen LogP contribution in [0.1, 0.15) is 13.8 Å². The Kier molecular flexibility index (Phi) is 5.24. The second kappa shape index (κ2) is 7.23. The van der Waals surface area contributed by atoms with E-state index < -0.39 is 0 Å². The van der Waals surface area contributed by atoms with Crippen LogP contribution in [-0.2, 0) is 11.4 Å². The molecule has 2 aromatic rings. The molecular weight excluding hydrogens is 350 g/mol. The van der Waals surface area contributed by atoms with Crippen LogP contribution < -0.4 is 4.74 Å². The number of halogens is 1. The van der Waals surface area contributed by atoms with Gasteiger partial charge >= 0.3 is 0 Å². The third kappa shape index (κ3) is 3.80. The molecule has 8 heteroatoms. The average molecular weight is 370 g/mol. The van der Waals surface area contributed by atoms with Gasteiger partial charge in [0.25, 0.3) is 10.7 Å². The first-order valence-corrected chi connectivity index (χ1v) is 8.54. The highest BCUT2D eigenvalue weighted by molar-refractivity contribution is 7.71. The van der Waals surface area contributed by atoms with Crippen molar-refractivity contribution in [3.8, 4) is 17.2 Å².